The summed E-state index contributed by atoms with van der Waals surface area (Å²) in [5, 5.41) is 26.0. The summed E-state index contributed by atoms with van der Waals surface area (Å²) in [5.74, 6) is 0.434. The molecule has 2 aliphatic heterocycles. The van der Waals surface area contributed by atoms with Crippen molar-refractivity contribution in [2.75, 3.05) is 0 Å². The molecule has 0 atom stereocenters. The van der Waals surface area contributed by atoms with Crippen molar-refractivity contribution in [3.8, 4) is 11.3 Å². The molecule has 146 valence electrons. The van der Waals surface area contributed by atoms with Gasteiger partial charge in [-0.3, -0.25) is 20.3 Å². The second-order valence-corrected chi connectivity index (χ2v) is 7.61. The molecule has 1 aromatic carbocycles. The molecule has 0 bridgehead atoms. The van der Waals surface area contributed by atoms with E-state index < -0.39 is 10.8 Å². The lowest BCUT2D eigenvalue weighted by molar-refractivity contribution is -0.384. The van der Waals surface area contributed by atoms with E-state index >= 15 is 0 Å². The molecule has 29 heavy (non-hydrogen) atoms. The molecule has 0 unspecified atom stereocenters. The topological polar surface area (TPSA) is 125 Å². The maximum Gasteiger partial charge on any atom is 0.283 e. The van der Waals surface area contributed by atoms with Gasteiger partial charge in [-0.25, -0.2) is 0 Å². The molecule has 1 N–H and O–H groups in total. The zero-order valence-electron chi connectivity index (χ0n) is 15.4. The maximum absolute atomic E-state index is 12.4. The third kappa shape index (κ3) is 3.49. The number of benzene rings is 1. The third-order valence-corrected chi connectivity index (χ3v) is 5.45. The average molecular weight is 409 g/mol. The molecule has 1 amide bonds. The minimum Gasteiger partial charge on any atom is -0.457 e. The van der Waals surface area contributed by atoms with E-state index in [1.54, 1.807) is 24.3 Å². The molecule has 2 aromatic rings. The number of thioether (sulfide) groups is 1. The zero-order chi connectivity index (χ0) is 20.7. The number of rotatable bonds is 4. The molecule has 3 heterocycles. The summed E-state index contributed by atoms with van der Waals surface area (Å²) in [6, 6.07) is 9.30. The van der Waals surface area contributed by atoms with Gasteiger partial charge in [-0.15, -0.1) is 0 Å². The van der Waals surface area contributed by atoms with Gasteiger partial charge in [0.15, 0.2) is 5.84 Å². The number of nitro groups is 1. The van der Waals surface area contributed by atoms with Gasteiger partial charge in [-0.05, 0) is 42.1 Å². The smallest absolute Gasteiger partial charge is 0.283 e. The van der Waals surface area contributed by atoms with Crippen LogP contribution >= 0.6 is 11.8 Å². The van der Waals surface area contributed by atoms with E-state index in [0.29, 0.717) is 22.3 Å². The van der Waals surface area contributed by atoms with Gasteiger partial charge < -0.3 is 4.42 Å². The average Bonchev–Trinajstić information content (AvgIpc) is 3.32. The van der Waals surface area contributed by atoms with E-state index in [0.717, 1.165) is 5.04 Å². The van der Waals surface area contributed by atoms with Crippen LogP contribution in [0, 0.1) is 21.4 Å². The second kappa shape index (κ2) is 7.13. The molecule has 9 nitrogen and oxygen atoms in total. The van der Waals surface area contributed by atoms with Gasteiger partial charge in [0.2, 0.25) is 5.17 Å². The van der Waals surface area contributed by atoms with Gasteiger partial charge in [-0.2, -0.15) is 15.1 Å². The largest absolute Gasteiger partial charge is 0.457 e. The second-order valence-electron chi connectivity index (χ2n) is 6.62. The number of nitro benzene ring substituents is 1. The van der Waals surface area contributed by atoms with E-state index in [4.69, 9.17) is 9.83 Å². The molecule has 2 aliphatic rings. The lowest BCUT2D eigenvalue weighted by Crippen LogP contribution is -2.35. The van der Waals surface area contributed by atoms with Crippen molar-refractivity contribution < 1.29 is 14.1 Å². The Morgan fingerprint density at radius 3 is 2.62 bits per heavy atom. The van der Waals surface area contributed by atoms with Crippen molar-refractivity contribution in [3.63, 3.8) is 0 Å². The van der Waals surface area contributed by atoms with Crippen molar-refractivity contribution in [1.82, 2.24) is 5.01 Å². The van der Waals surface area contributed by atoms with Crippen LogP contribution < -0.4 is 0 Å². The van der Waals surface area contributed by atoms with Crippen molar-refractivity contribution >= 4 is 45.5 Å². The lowest BCUT2D eigenvalue weighted by atomic mass is 10.1. The van der Waals surface area contributed by atoms with Crippen LogP contribution in [-0.4, -0.2) is 31.9 Å². The van der Waals surface area contributed by atoms with Gasteiger partial charge in [0.25, 0.3) is 11.6 Å². The fourth-order valence-electron chi connectivity index (χ4n) is 2.72. The van der Waals surface area contributed by atoms with Gasteiger partial charge in [-0.1, -0.05) is 13.8 Å². The van der Waals surface area contributed by atoms with E-state index in [2.05, 4.69) is 10.1 Å². The predicted molar refractivity (Wildman–Crippen MR) is 111 cm³/mol. The number of non-ortho nitro benzene ring substituents is 1. The van der Waals surface area contributed by atoms with E-state index in [1.165, 1.54) is 35.0 Å². The number of carbonyl (C=O) groups is 1. The van der Waals surface area contributed by atoms with Crippen LogP contribution in [0.25, 0.3) is 17.4 Å². The molecule has 0 spiro atoms. The number of hydrazone groups is 1. The maximum atomic E-state index is 12.4. The Morgan fingerprint density at radius 1 is 1.24 bits per heavy atom. The molecular formula is C19H15N5O4S. The number of carbonyl (C=O) groups excluding carboxylic acids is 1. The summed E-state index contributed by atoms with van der Waals surface area (Å²) in [7, 11) is 0. The normalized spacial score (nSPS) is 17.6. The van der Waals surface area contributed by atoms with Crippen LogP contribution in [0.1, 0.15) is 19.6 Å². The quantitative estimate of drug-likeness (QED) is 0.460. The highest BCUT2D eigenvalue weighted by Crippen LogP contribution is 2.31. The molecule has 0 fully saturated rings. The minimum absolute atomic E-state index is 0.0117. The van der Waals surface area contributed by atoms with Crippen molar-refractivity contribution in [2.24, 2.45) is 16.0 Å². The summed E-state index contributed by atoms with van der Waals surface area (Å²) in [4.78, 5) is 26.7. The highest BCUT2D eigenvalue weighted by atomic mass is 32.2. The number of aliphatic imine (C=N–C) groups is 1. The molecule has 0 saturated carbocycles. The number of hydrogen-bond acceptors (Lipinski definition) is 7. The van der Waals surface area contributed by atoms with Gasteiger partial charge in [0.05, 0.1) is 10.5 Å². The third-order valence-electron chi connectivity index (χ3n) is 4.24. The van der Waals surface area contributed by atoms with Crippen molar-refractivity contribution in [3.05, 3.63) is 57.8 Å². The first kappa shape index (κ1) is 18.8. The summed E-state index contributed by atoms with van der Waals surface area (Å²) in [6.07, 6.45) is 1.45. The monoisotopic (exact) mass is 409 g/mol. The summed E-state index contributed by atoms with van der Waals surface area (Å²) >= 11 is 1.29. The Labute approximate surface area is 169 Å². The molecule has 0 aliphatic carbocycles. The van der Waals surface area contributed by atoms with E-state index in [9.17, 15) is 14.9 Å². The number of fused-ring (bicyclic) bond motifs is 1. The molecule has 0 saturated heterocycles. The van der Waals surface area contributed by atoms with Gasteiger partial charge in [0, 0.05) is 23.6 Å². The van der Waals surface area contributed by atoms with Crippen LogP contribution in [0.15, 0.2) is 56.5 Å². The molecular weight excluding hydrogens is 394 g/mol. The van der Waals surface area contributed by atoms with Crippen LogP contribution in [-0.2, 0) is 4.79 Å². The Kier molecular flexibility index (Phi) is 4.63. The van der Waals surface area contributed by atoms with Gasteiger partial charge in [0.1, 0.15) is 16.6 Å². The Hall–Kier alpha value is -3.53. The Morgan fingerprint density at radius 2 is 1.97 bits per heavy atom. The number of amides is 1. The number of furan rings is 1. The standard InChI is InChI=1S/C19H15N5O4S/c1-10(2)18-22-23-16(20)14(17(25)21-19(23)29-18)9-13-7-8-15(28-13)11-3-5-12(6-4-11)24(26)27/h3-10,20H,1-2H3. The number of amidine groups is 2. The molecule has 4 rings (SSSR count). The van der Waals surface area contributed by atoms with Crippen molar-refractivity contribution in [1.29, 1.82) is 5.41 Å². The highest BCUT2D eigenvalue weighted by Gasteiger charge is 2.36. The molecule has 10 heteroatoms. The van der Waals surface area contributed by atoms with E-state index in [1.807, 2.05) is 13.8 Å². The van der Waals surface area contributed by atoms with E-state index in [-0.39, 0.29) is 23.0 Å². The first-order chi connectivity index (χ1) is 13.8. The summed E-state index contributed by atoms with van der Waals surface area (Å²) in [5.41, 5.74) is 0.725. The van der Waals surface area contributed by atoms with Gasteiger partial charge >= 0.3 is 0 Å². The predicted octanol–water partition coefficient (Wildman–Crippen LogP) is 4.13. The highest BCUT2D eigenvalue weighted by molar-refractivity contribution is 8.27. The fourth-order valence-corrected chi connectivity index (χ4v) is 3.61. The zero-order valence-corrected chi connectivity index (χ0v) is 16.3. The Bertz CT molecular complexity index is 1130. The first-order valence-corrected chi connectivity index (χ1v) is 9.50. The summed E-state index contributed by atoms with van der Waals surface area (Å²) in [6.45, 7) is 3.96. The van der Waals surface area contributed by atoms with Crippen LogP contribution in [0.5, 0.6) is 0 Å². The Balaban J connectivity index is 1.61. The SMILES string of the molecule is CC(C)C1=NN2C(=N)C(=Cc3ccc(-c4ccc([N+](=O)[O-])cc4)o3)C(=O)N=C2S1. The number of hydrogen-bond donors (Lipinski definition) is 1. The fraction of sp³-hybridized carbons (Fsp3) is 0.158. The summed E-state index contributed by atoms with van der Waals surface area (Å²) < 4.78 is 5.74. The van der Waals surface area contributed by atoms with Crippen LogP contribution in [0.4, 0.5) is 5.69 Å². The lowest BCUT2D eigenvalue weighted by Gasteiger charge is -2.19. The first-order valence-electron chi connectivity index (χ1n) is 8.68. The number of nitrogens with one attached hydrogen (secondary N) is 1. The molecule has 1 aromatic heterocycles. The number of nitrogens with zero attached hydrogens (tertiary/aromatic N) is 4. The molecule has 0 radical (unpaired) electrons. The van der Waals surface area contributed by atoms with Crippen LogP contribution in [0.3, 0.4) is 0 Å². The minimum atomic E-state index is -0.526. The van der Waals surface area contributed by atoms with Crippen LogP contribution in [0.2, 0.25) is 0 Å². The van der Waals surface area contributed by atoms with Crippen molar-refractivity contribution in [2.45, 2.75) is 13.8 Å².